The molecule has 1 heterocycles. The first-order chi connectivity index (χ1) is 10.9. The van der Waals surface area contributed by atoms with Crippen molar-refractivity contribution < 1.29 is 27.8 Å². The highest BCUT2D eigenvalue weighted by Crippen LogP contribution is 2.36. The van der Waals surface area contributed by atoms with Crippen molar-refractivity contribution in [3.05, 3.63) is 42.1 Å². The van der Waals surface area contributed by atoms with E-state index in [2.05, 4.69) is 5.43 Å². The van der Waals surface area contributed by atoms with Gasteiger partial charge in [0.2, 0.25) is 0 Å². The zero-order valence-electron chi connectivity index (χ0n) is 13.5. The lowest BCUT2D eigenvalue weighted by atomic mass is 9.87. The second-order valence-electron chi connectivity index (χ2n) is 6.48. The largest absolute Gasteiger partial charge is 0.484 e. The number of hydrogen-bond donors (Lipinski definition) is 2. The third-order valence-electron chi connectivity index (χ3n) is 3.61. The van der Waals surface area contributed by atoms with Crippen LogP contribution in [0.4, 0.5) is 13.2 Å². The quantitative estimate of drug-likeness (QED) is 0.884. The number of hydrogen-bond acceptors (Lipinski definition) is 4. The Morgan fingerprint density at radius 3 is 2.33 bits per heavy atom. The van der Waals surface area contributed by atoms with Crippen LogP contribution in [0.5, 0.6) is 5.75 Å². The maximum Gasteiger partial charge on any atom is 0.442 e. The molecule has 2 N–H and O–H groups in total. The van der Waals surface area contributed by atoms with Gasteiger partial charge in [-0.1, -0.05) is 32.9 Å². The SMILES string of the molecule is CC(C)(C)c1ccc(OCC(=O)N2NC=C[C@]2(O)C(F)(F)F)cc1. The van der Waals surface area contributed by atoms with Crippen molar-refractivity contribution in [2.45, 2.75) is 38.1 Å². The molecule has 8 heteroatoms. The fourth-order valence-corrected chi connectivity index (χ4v) is 2.15. The molecule has 0 aromatic heterocycles. The normalized spacial score (nSPS) is 20.9. The summed E-state index contributed by atoms with van der Waals surface area (Å²) in [5.74, 6) is -0.709. The molecule has 0 spiro atoms. The number of halogens is 3. The number of benzene rings is 1. The van der Waals surface area contributed by atoms with E-state index in [1.54, 1.807) is 12.1 Å². The second-order valence-corrected chi connectivity index (χ2v) is 6.48. The van der Waals surface area contributed by atoms with Gasteiger partial charge in [0.1, 0.15) is 5.75 Å². The van der Waals surface area contributed by atoms with Crippen molar-refractivity contribution in [3.63, 3.8) is 0 Å². The Kier molecular flexibility index (Phi) is 4.54. The Balaban J connectivity index is 2.01. The Morgan fingerprint density at radius 1 is 1.25 bits per heavy atom. The third-order valence-corrected chi connectivity index (χ3v) is 3.61. The summed E-state index contributed by atoms with van der Waals surface area (Å²) in [6, 6.07) is 6.92. The number of rotatable bonds is 3. The van der Waals surface area contributed by atoms with Crippen molar-refractivity contribution in [1.82, 2.24) is 10.4 Å². The molecule has 24 heavy (non-hydrogen) atoms. The summed E-state index contributed by atoms with van der Waals surface area (Å²) in [6.07, 6.45) is -3.72. The fraction of sp³-hybridized carbons (Fsp3) is 0.438. The van der Waals surface area contributed by atoms with E-state index in [0.717, 1.165) is 11.8 Å². The summed E-state index contributed by atoms with van der Waals surface area (Å²) in [7, 11) is 0. The minimum absolute atomic E-state index is 0.0529. The molecule has 2 rings (SSSR count). The van der Waals surface area contributed by atoms with Gasteiger partial charge < -0.3 is 15.3 Å². The summed E-state index contributed by atoms with van der Waals surface area (Å²) in [6.45, 7) is 5.46. The lowest BCUT2D eigenvalue weighted by molar-refractivity contribution is -0.289. The van der Waals surface area contributed by atoms with E-state index >= 15 is 0 Å². The Hall–Kier alpha value is -2.22. The molecular formula is C16H19F3N2O3. The van der Waals surface area contributed by atoms with Gasteiger partial charge in [0, 0.05) is 6.20 Å². The number of nitrogens with one attached hydrogen (secondary N) is 1. The van der Waals surface area contributed by atoms with Gasteiger partial charge >= 0.3 is 6.18 Å². The maximum atomic E-state index is 12.9. The Labute approximate surface area is 137 Å². The Bertz CT molecular complexity index is 635. The zero-order valence-corrected chi connectivity index (χ0v) is 13.5. The van der Waals surface area contributed by atoms with Crippen molar-refractivity contribution in [1.29, 1.82) is 0 Å². The van der Waals surface area contributed by atoms with E-state index in [1.165, 1.54) is 0 Å². The fourth-order valence-electron chi connectivity index (χ4n) is 2.15. The van der Waals surface area contributed by atoms with Crippen molar-refractivity contribution in [3.8, 4) is 5.75 Å². The summed E-state index contributed by atoms with van der Waals surface area (Å²) >= 11 is 0. The van der Waals surface area contributed by atoms with Gasteiger partial charge in [-0.25, -0.2) is 5.01 Å². The van der Waals surface area contributed by atoms with Gasteiger partial charge in [0.15, 0.2) is 6.61 Å². The first-order valence-corrected chi connectivity index (χ1v) is 7.24. The van der Waals surface area contributed by atoms with E-state index in [9.17, 15) is 23.1 Å². The van der Waals surface area contributed by atoms with Crippen molar-refractivity contribution >= 4 is 5.91 Å². The Morgan fingerprint density at radius 2 is 1.83 bits per heavy atom. The molecule has 5 nitrogen and oxygen atoms in total. The number of amides is 1. The molecule has 0 aliphatic carbocycles. The average molecular weight is 344 g/mol. The standard InChI is InChI=1S/C16H19F3N2O3/c1-14(2,3)11-4-6-12(7-5-11)24-10-13(22)21-15(23,8-9-20-21)16(17,18)19/h4-9,20,23H,10H2,1-3H3/t15-/m0/s1. The third kappa shape index (κ3) is 3.48. The molecule has 132 valence electrons. The topological polar surface area (TPSA) is 61.8 Å². The molecule has 1 amide bonds. The molecule has 1 aliphatic rings. The lowest BCUT2D eigenvalue weighted by Crippen LogP contribution is -2.61. The lowest BCUT2D eigenvalue weighted by Gasteiger charge is -2.33. The van der Waals surface area contributed by atoms with E-state index < -0.39 is 24.4 Å². The van der Waals surface area contributed by atoms with E-state index in [1.807, 2.05) is 32.9 Å². The monoisotopic (exact) mass is 344 g/mol. The molecule has 0 saturated heterocycles. The summed E-state index contributed by atoms with van der Waals surface area (Å²) < 4.78 is 43.9. The molecule has 0 fully saturated rings. The molecule has 1 aliphatic heterocycles. The van der Waals surface area contributed by atoms with Gasteiger partial charge in [-0.2, -0.15) is 13.2 Å². The predicted octanol–water partition coefficient (Wildman–Crippen LogP) is 2.47. The van der Waals surface area contributed by atoms with Crippen LogP contribution in [-0.2, 0) is 10.2 Å². The average Bonchev–Trinajstić information content (AvgIpc) is 2.87. The summed E-state index contributed by atoms with van der Waals surface area (Å²) in [4.78, 5) is 11.9. The van der Waals surface area contributed by atoms with E-state index in [4.69, 9.17) is 4.74 Å². The van der Waals surface area contributed by atoms with E-state index in [-0.39, 0.29) is 10.4 Å². The number of carbonyl (C=O) groups is 1. The van der Waals surface area contributed by atoms with Crippen LogP contribution in [0, 0.1) is 0 Å². The number of aliphatic hydroxyl groups is 1. The van der Waals surface area contributed by atoms with E-state index in [0.29, 0.717) is 11.8 Å². The van der Waals surface area contributed by atoms with Gasteiger partial charge in [0.05, 0.1) is 0 Å². The predicted molar refractivity (Wildman–Crippen MR) is 80.8 cm³/mol. The van der Waals surface area contributed by atoms with Gasteiger partial charge in [-0.05, 0) is 29.2 Å². The zero-order chi connectivity index (χ0) is 18.2. The highest BCUT2D eigenvalue weighted by molar-refractivity contribution is 5.79. The maximum absolute atomic E-state index is 12.9. The van der Waals surface area contributed by atoms with Crippen molar-refractivity contribution in [2.75, 3.05) is 6.61 Å². The number of carbonyl (C=O) groups excluding carboxylic acids is 1. The molecular weight excluding hydrogens is 325 g/mol. The second kappa shape index (κ2) is 6.01. The van der Waals surface area contributed by atoms with Gasteiger partial charge in [0.25, 0.3) is 11.6 Å². The number of ether oxygens (including phenoxy) is 1. The number of hydrazine groups is 1. The van der Waals surface area contributed by atoms with Crippen LogP contribution >= 0.6 is 0 Å². The minimum Gasteiger partial charge on any atom is -0.484 e. The molecule has 0 bridgehead atoms. The molecule has 1 aromatic rings. The summed E-state index contributed by atoms with van der Waals surface area (Å²) in [5, 5.41) is 9.75. The van der Waals surface area contributed by atoms with Gasteiger partial charge in [-0.15, -0.1) is 0 Å². The van der Waals surface area contributed by atoms with Crippen LogP contribution in [0.2, 0.25) is 0 Å². The number of alkyl halides is 3. The van der Waals surface area contributed by atoms with Crippen LogP contribution in [-0.4, -0.2) is 34.5 Å². The highest BCUT2D eigenvalue weighted by Gasteiger charge is 2.60. The molecule has 0 unspecified atom stereocenters. The van der Waals surface area contributed by atoms with Crippen molar-refractivity contribution in [2.24, 2.45) is 0 Å². The minimum atomic E-state index is -5.03. The highest BCUT2D eigenvalue weighted by atomic mass is 19.4. The first kappa shape index (κ1) is 18.1. The molecule has 1 atom stereocenters. The first-order valence-electron chi connectivity index (χ1n) is 7.24. The van der Waals surface area contributed by atoms with Crippen LogP contribution < -0.4 is 10.2 Å². The van der Waals surface area contributed by atoms with Crippen LogP contribution in [0.15, 0.2) is 36.5 Å². The van der Waals surface area contributed by atoms with Gasteiger partial charge in [-0.3, -0.25) is 4.79 Å². The molecule has 0 radical (unpaired) electrons. The smallest absolute Gasteiger partial charge is 0.442 e. The molecule has 0 saturated carbocycles. The van der Waals surface area contributed by atoms with Crippen LogP contribution in [0.25, 0.3) is 0 Å². The van der Waals surface area contributed by atoms with Crippen LogP contribution in [0.1, 0.15) is 26.3 Å². The van der Waals surface area contributed by atoms with Crippen LogP contribution in [0.3, 0.4) is 0 Å². The summed E-state index contributed by atoms with van der Waals surface area (Å²) in [5.41, 5.74) is -0.313. The molecule has 1 aromatic carbocycles. The number of nitrogens with zero attached hydrogens (tertiary/aromatic N) is 1.